The number of amides is 1. The Morgan fingerprint density at radius 3 is 2.73 bits per heavy atom. The van der Waals surface area contributed by atoms with Crippen LogP contribution in [-0.2, 0) is 11.3 Å². The van der Waals surface area contributed by atoms with Crippen molar-refractivity contribution >= 4 is 5.91 Å². The summed E-state index contributed by atoms with van der Waals surface area (Å²) in [5.74, 6) is 1.91. The van der Waals surface area contributed by atoms with Crippen LogP contribution in [0.5, 0.6) is 11.5 Å². The number of rotatable bonds is 9. The molecular weight excluding hydrogens is 328 g/mol. The summed E-state index contributed by atoms with van der Waals surface area (Å²) in [6.45, 7) is 9.36. The Bertz CT molecular complexity index is 576. The average Bonchev–Trinajstić information content (AvgIpc) is 2.65. The number of nitrogens with zero attached hydrogens (tertiary/aromatic N) is 1. The van der Waals surface area contributed by atoms with Crippen LogP contribution in [0.25, 0.3) is 0 Å². The molecule has 5 heteroatoms. The van der Waals surface area contributed by atoms with Gasteiger partial charge in [0.25, 0.3) is 0 Å². The molecule has 1 fully saturated rings. The van der Waals surface area contributed by atoms with Gasteiger partial charge in [-0.2, -0.15) is 0 Å². The first-order chi connectivity index (χ1) is 12.6. The van der Waals surface area contributed by atoms with Crippen LogP contribution in [0, 0.1) is 5.92 Å². The number of methoxy groups -OCH3 is 1. The first-order valence-electron chi connectivity index (χ1n) is 9.90. The predicted molar refractivity (Wildman–Crippen MR) is 105 cm³/mol. The fraction of sp³-hybridized carbons (Fsp3) is 0.667. The molecular formula is C21H34N2O3. The second-order valence-corrected chi connectivity index (χ2v) is 7.17. The molecule has 0 unspecified atom stereocenters. The van der Waals surface area contributed by atoms with Crippen LogP contribution in [0.3, 0.4) is 0 Å². The first kappa shape index (κ1) is 20.6. The number of nitrogens with one attached hydrogen (secondary N) is 1. The lowest BCUT2D eigenvalue weighted by atomic mass is 9.91. The molecule has 1 amide bonds. The molecule has 0 aliphatic carbocycles. The van der Waals surface area contributed by atoms with Gasteiger partial charge in [-0.15, -0.1) is 0 Å². The van der Waals surface area contributed by atoms with Crippen LogP contribution >= 0.6 is 0 Å². The van der Waals surface area contributed by atoms with Crippen molar-refractivity contribution in [1.82, 2.24) is 10.2 Å². The Morgan fingerprint density at radius 1 is 1.27 bits per heavy atom. The van der Waals surface area contributed by atoms with E-state index in [1.54, 1.807) is 7.11 Å². The zero-order valence-corrected chi connectivity index (χ0v) is 16.7. The molecule has 2 rings (SSSR count). The van der Waals surface area contributed by atoms with E-state index < -0.39 is 0 Å². The average molecular weight is 363 g/mol. The highest BCUT2D eigenvalue weighted by atomic mass is 16.5. The summed E-state index contributed by atoms with van der Waals surface area (Å²) in [4.78, 5) is 15.0. The minimum atomic E-state index is 0.131. The van der Waals surface area contributed by atoms with Crippen LogP contribution in [0.2, 0.25) is 0 Å². The molecule has 1 N–H and O–H groups in total. The Labute approximate surface area is 158 Å². The van der Waals surface area contributed by atoms with E-state index in [2.05, 4.69) is 26.1 Å². The normalized spacial score (nSPS) is 19.8. The van der Waals surface area contributed by atoms with E-state index in [1.807, 2.05) is 23.1 Å². The fourth-order valence-corrected chi connectivity index (χ4v) is 3.51. The number of ether oxygens (including phenoxy) is 2. The number of carbonyl (C=O) groups excluding carboxylic acids is 1. The molecule has 146 valence electrons. The molecule has 26 heavy (non-hydrogen) atoms. The van der Waals surface area contributed by atoms with Crippen LogP contribution in [0.15, 0.2) is 18.2 Å². The molecule has 0 aromatic heterocycles. The lowest BCUT2D eigenvalue weighted by molar-refractivity contribution is -0.137. The van der Waals surface area contributed by atoms with Gasteiger partial charge < -0.3 is 19.7 Å². The maximum atomic E-state index is 13.0. The molecule has 0 spiro atoms. The minimum Gasteiger partial charge on any atom is -0.493 e. The molecule has 0 radical (unpaired) electrons. The molecule has 2 atom stereocenters. The highest BCUT2D eigenvalue weighted by Crippen LogP contribution is 2.29. The van der Waals surface area contributed by atoms with E-state index in [1.165, 1.54) is 0 Å². The maximum Gasteiger partial charge on any atom is 0.226 e. The van der Waals surface area contributed by atoms with E-state index in [4.69, 9.17) is 9.47 Å². The summed E-state index contributed by atoms with van der Waals surface area (Å²) in [6, 6.07) is 6.39. The summed E-state index contributed by atoms with van der Waals surface area (Å²) < 4.78 is 11.2. The van der Waals surface area contributed by atoms with Crippen LogP contribution in [-0.4, -0.2) is 43.7 Å². The molecule has 1 heterocycles. The highest BCUT2D eigenvalue weighted by molar-refractivity contribution is 5.79. The summed E-state index contributed by atoms with van der Waals surface area (Å²) in [6.07, 6.45) is 3.77. The van der Waals surface area contributed by atoms with Gasteiger partial charge >= 0.3 is 0 Å². The van der Waals surface area contributed by atoms with E-state index >= 15 is 0 Å². The Balaban J connectivity index is 2.09. The molecule has 1 aromatic rings. The van der Waals surface area contributed by atoms with Gasteiger partial charge in [-0.3, -0.25) is 4.79 Å². The van der Waals surface area contributed by atoms with Crippen LogP contribution in [0.1, 0.15) is 52.0 Å². The number of hydrogen-bond donors (Lipinski definition) is 1. The number of hydrogen-bond acceptors (Lipinski definition) is 4. The van der Waals surface area contributed by atoms with Crippen molar-refractivity contribution in [1.29, 1.82) is 0 Å². The molecule has 1 aliphatic rings. The number of piperidine rings is 1. The van der Waals surface area contributed by atoms with E-state index in [-0.39, 0.29) is 11.8 Å². The van der Waals surface area contributed by atoms with Crippen LogP contribution < -0.4 is 14.8 Å². The monoisotopic (exact) mass is 362 g/mol. The molecule has 0 saturated carbocycles. The zero-order chi connectivity index (χ0) is 18.9. The summed E-state index contributed by atoms with van der Waals surface area (Å²) >= 11 is 0. The van der Waals surface area contributed by atoms with Gasteiger partial charge in [0, 0.05) is 25.0 Å². The van der Waals surface area contributed by atoms with Crippen molar-refractivity contribution in [3.63, 3.8) is 0 Å². The Kier molecular flexibility index (Phi) is 8.23. The standard InChI is InChI=1S/C21H34N2O3/c1-5-11-23(21(24)18-9-10-22-16(3)13-18)15-17-7-8-19(26-12-6-2)20(14-17)25-4/h7-8,14,16,18,22H,5-6,9-13,15H2,1-4H3/t16-,18-/m0/s1. The van der Waals surface area contributed by atoms with Gasteiger partial charge in [0.2, 0.25) is 5.91 Å². The van der Waals surface area contributed by atoms with E-state index in [0.717, 1.165) is 55.8 Å². The number of carbonyl (C=O) groups is 1. The van der Waals surface area contributed by atoms with E-state index in [9.17, 15) is 4.79 Å². The van der Waals surface area contributed by atoms with Crippen molar-refractivity contribution in [3.8, 4) is 11.5 Å². The second-order valence-electron chi connectivity index (χ2n) is 7.17. The Hall–Kier alpha value is -1.75. The summed E-state index contributed by atoms with van der Waals surface area (Å²) in [5, 5.41) is 3.42. The third-order valence-electron chi connectivity index (χ3n) is 4.84. The Morgan fingerprint density at radius 2 is 2.08 bits per heavy atom. The van der Waals surface area contributed by atoms with Gasteiger partial charge in [0.1, 0.15) is 0 Å². The van der Waals surface area contributed by atoms with E-state index in [0.29, 0.717) is 19.2 Å². The quantitative estimate of drug-likeness (QED) is 0.729. The number of benzene rings is 1. The van der Waals surface area contributed by atoms with Crippen LogP contribution in [0.4, 0.5) is 0 Å². The third kappa shape index (κ3) is 5.63. The smallest absolute Gasteiger partial charge is 0.226 e. The van der Waals surface area contributed by atoms with Gasteiger partial charge in [-0.25, -0.2) is 0 Å². The maximum absolute atomic E-state index is 13.0. The molecule has 0 bridgehead atoms. The molecule has 5 nitrogen and oxygen atoms in total. The van der Waals surface area contributed by atoms with Crippen molar-refractivity contribution in [2.24, 2.45) is 5.92 Å². The third-order valence-corrected chi connectivity index (χ3v) is 4.84. The topological polar surface area (TPSA) is 50.8 Å². The summed E-state index contributed by atoms with van der Waals surface area (Å²) in [5.41, 5.74) is 1.08. The van der Waals surface area contributed by atoms with Gasteiger partial charge in [-0.1, -0.05) is 19.9 Å². The lowest BCUT2D eigenvalue weighted by Crippen LogP contribution is -2.44. The minimum absolute atomic E-state index is 0.131. The van der Waals surface area contributed by atoms with Gasteiger partial charge in [-0.05, 0) is 56.8 Å². The predicted octanol–water partition coefficient (Wildman–Crippen LogP) is 3.61. The first-order valence-corrected chi connectivity index (χ1v) is 9.90. The van der Waals surface area contributed by atoms with Crippen molar-refractivity contribution in [2.45, 2.75) is 59.0 Å². The molecule has 1 aromatic carbocycles. The van der Waals surface area contributed by atoms with Gasteiger partial charge in [0.05, 0.1) is 13.7 Å². The highest BCUT2D eigenvalue weighted by Gasteiger charge is 2.28. The lowest BCUT2D eigenvalue weighted by Gasteiger charge is -2.32. The fourth-order valence-electron chi connectivity index (χ4n) is 3.51. The second kappa shape index (κ2) is 10.4. The molecule has 1 saturated heterocycles. The van der Waals surface area contributed by atoms with Crippen molar-refractivity contribution < 1.29 is 14.3 Å². The van der Waals surface area contributed by atoms with Gasteiger partial charge in [0.15, 0.2) is 11.5 Å². The SMILES string of the molecule is CCCOc1ccc(CN(CCC)C(=O)[C@H]2CCN[C@@H](C)C2)cc1OC. The van der Waals surface area contributed by atoms with Crippen molar-refractivity contribution in [2.75, 3.05) is 26.8 Å². The summed E-state index contributed by atoms with van der Waals surface area (Å²) in [7, 11) is 1.66. The zero-order valence-electron chi connectivity index (χ0n) is 16.7. The van der Waals surface area contributed by atoms with Crippen molar-refractivity contribution in [3.05, 3.63) is 23.8 Å². The largest absolute Gasteiger partial charge is 0.493 e. The molecule has 1 aliphatic heterocycles.